The summed E-state index contributed by atoms with van der Waals surface area (Å²) >= 11 is 0. The van der Waals surface area contributed by atoms with E-state index in [2.05, 4.69) is 27.8 Å². The van der Waals surface area contributed by atoms with Gasteiger partial charge in [0, 0.05) is 24.6 Å². The summed E-state index contributed by atoms with van der Waals surface area (Å²) < 4.78 is 11.3. The summed E-state index contributed by atoms with van der Waals surface area (Å²) in [6, 6.07) is 7.38. The number of rotatable bonds is 14. The molecule has 7 nitrogen and oxygen atoms in total. The summed E-state index contributed by atoms with van der Waals surface area (Å²) in [7, 11) is 5.02. The molecule has 1 aromatic rings. The molecule has 1 atom stereocenters. The molecular formula is C24H39N3O4S2. The minimum Gasteiger partial charge on any atom is -0.369 e. The second kappa shape index (κ2) is 20.9. The van der Waals surface area contributed by atoms with Gasteiger partial charge in [0.05, 0.1) is 19.8 Å². The largest absolute Gasteiger partial charge is 0.369 e. The van der Waals surface area contributed by atoms with Gasteiger partial charge in [-0.25, -0.2) is 0 Å². The molecule has 1 unspecified atom stereocenters. The maximum absolute atomic E-state index is 12.1. The molecule has 0 aliphatic heterocycles. The Morgan fingerprint density at radius 3 is 2.36 bits per heavy atom. The van der Waals surface area contributed by atoms with Gasteiger partial charge >= 0.3 is 0 Å². The van der Waals surface area contributed by atoms with Crippen LogP contribution in [0.1, 0.15) is 49.1 Å². The molecule has 1 rings (SSSR count). The predicted octanol–water partition coefficient (Wildman–Crippen LogP) is 3.48. The van der Waals surface area contributed by atoms with E-state index in [4.69, 9.17) is 9.47 Å². The number of nitrogens with one attached hydrogen (secondary N) is 3. The second-order valence-corrected chi connectivity index (χ2v) is 9.28. The Morgan fingerprint density at radius 2 is 1.76 bits per heavy atom. The van der Waals surface area contributed by atoms with Crippen LogP contribution in [0.25, 0.3) is 0 Å². The van der Waals surface area contributed by atoms with Crippen LogP contribution in [0.15, 0.2) is 24.3 Å². The molecule has 186 valence electrons. The summed E-state index contributed by atoms with van der Waals surface area (Å²) in [4.78, 5) is 23.8. The van der Waals surface area contributed by atoms with E-state index in [1.54, 1.807) is 33.7 Å². The van der Waals surface area contributed by atoms with Crippen LogP contribution >= 0.6 is 21.6 Å². The van der Waals surface area contributed by atoms with E-state index < -0.39 is 0 Å². The molecule has 9 heteroatoms. The van der Waals surface area contributed by atoms with Gasteiger partial charge in [-0.2, -0.15) is 0 Å². The van der Waals surface area contributed by atoms with Gasteiger partial charge in [0.15, 0.2) is 0 Å². The lowest BCUT2D eigenvalue weighted by atomic mass is 10.1. The molecule has 0 saturated heterocycles. The lowest BCUT2D eigenvalue weighted by molar-refractivity contribution is -0.126. The third-order valence-corrected chi connectivity index (χ3v) is 5.66. The third kappa shape index (κ3) is 15.7. The highest BCUT2D eigenvalue weighted by atomic mass is 33.1. The number of carbonyl (C=O) groups is 2. The van der Waals surface area contributed by atoms with Crippen molar-refractivity contribution < 1.29 is 19.1 Å². The van der Waals surface area contributed by atoms with Crippen molar-refractivity contribution in [3.63, 3.8) is 0 Å². The van der Waals surface area contributed by atoms with Crippen LogP contribution in [0.5, 0.6) is 0 Å². The fourth-order valence-corrected chi connectivity index (χ4v) is 3.91. The van der Waals surface area contributed by atoms with Gasteiger partial charge in [0.1, 0.15) is 12.0 Å². The molecule has 0 heterocycles. The van der Waals surface area contributed by atoms with Gasteiger partial charge in [-0.3, -0.25) is 9.59 Å². The lowest BCUT2D eigenvalue weighted by Crippen LogP contribution is -2.30. The van der Waals surface area contributed by atoms with Crippen molar-refractivity contribution in [1.82, 2.24) is 16.0 Å². The van der Waals surface area contributed by atoms with Gasteiger partial charge in [-0.05, 0) is 31.0 Å². The Bertz CT molecular complexity index is 719. The van der Waals surface area contributed by atoms with E-state index in [0.717, 1.165) is 12.1 Å². The number of carbonyl (C=O) groups excluding carboxylic acids is 2. The van der Waals surface area contributed by atoms with Crippen molar-refractivity contribution in [1.29, 1.82) is 0 Å². The molecular weight excluding hydrogens is 458 g/mol. The van der Waals surface area contributed by atoms with E-state index in [9.17, 15) is 9.59 Å². The zero-order valence-electron chi connectivity index (χ0n) is 20.7. The van der Waals surface area contributed by atoms with Crippen molar-refractivity contribution in [2.75, 3.05) is 52.8 Å². The minimum atomic E-state index is -0.198. The van der Waals surface area contributed by atoms with Gasteiger partial charge < -0.3 is 25.4 Å². The Labute approximate surface area is 207 Å². The SMILES string of the molecule is CC.CNCCNC(=O)c1ccc(C(OCCOCC(=O)NCC#CC(C)C)SSC)cc1. The number of amides is 2. The zero-order chi connectivity index (χ0) is 24.9. The first kappa shape index (κ1) is 31.3. The van der Waals surface area contributed by atoms with E-state index in [1.807, 2.05) is 53.1 Å². The lowest BCUT2D eigenvalue weighted by Gasteiger charge is -2.17. The Morgan fingerprint density at radius 1 is 1.06 bits per heavy atom. The Balaban J connectivity index is 0.00000497. The summed E-state index contributed by atoms with van der Waals surface area (Å²) in [5, 5.41) is 8.53. The van der Waals surface area contributed by atoms with Crippen LogP contribution in [-0.2, 0) is 14.3 Å². The number of hydrogen-bond donors (Lipinski definition) is 3. The molecule has 0 radical (unpaired) electrons. The van der Waals surface area contributed by atoms with Crippen molar-refractivity contribution in [3.8, 4) is 11.8 Å². The Kier molecular flexibility index (Phi) is 19.8. The second-order valence-electron chi connectivity index (χ2n) is 6.75. The molecule has 0 bridgehead atoms. The molecule has 0 saturated carbocycles. The van der Waals surface area contributed by atoms with Crippen molar-refractivity contribution in [3.05, 3.63) is 35.4 Å². The third-order valence-electron chi connectivity index (χ3n) is 3.78. The summed E-state index contributed by atoms with van der Waals surface area (Å²) in [5.74, 6) is 5.87. The first-order valence-corrected chi connectivity index (χ1v) is 13.8. The summed E-state index contributed by atoms with van der Waals surface area (Å²) in [5.41, 5.74) is 1.38. The van der Waals surface area contributed by atoms with Crippen LogP contribution in [0.2, 0.25) is 0 Å². The minimum absolute atomic E-state index is 0.0234. The van der Waals surface area contributed by atoms with Crippen LogP contribution in [-0.4, -0.2) is 64.6 Å². The highest BCUT2D eigenvalue weighted by Crippen LogP contribution is 2.37. The van der Waals surface area contributed by atoms with Gasteiger partial charge in [-0.15, -0.1) is 0 Å². The highest BCUT2D eigenvalue weighted by molar-refractivity contribution is 8.76. The number of likely N-dealkylation sites (N-methyl/N-ethyl adjacent to an activating group) is 1. The van der Waals surface area contributed by atoms with Crippen molar-refractivity contribution in [2.45, 2.75) is 33.1 Å². The smallest absolute Gasteiger partial charge is 0.251 e. The van der Waals surface area contributed by atoms with Gasteiger partial charge in [0.2, 0.25) is 5.91 Å². The fourth-order valence-electron chi connectivity index (χ4n) is 2.29. The molecule has 33 heavy (non-hydrogen) atoms. The van der Waals surface area contributed by atoms with Gasteiger partial charge in [0.25, 0.3) is 5.91 Å². The monoisotopic (exact) mass is 497 g/mol. The average molecular weight is 498 g/mol. The van der Waals surface area contributed by atoms with Crippen LogP contribution in [0, 0.1) is 17.8 Å². The quantitative estimate of drug-likeness (QED) is 0.157. The summed E-state index contributed by atoms with van der Waals surface area (Å²) in [6.45, 7) is 10.3. The van der Waals surface area contributed by atoms with Gasteiger partial charge in [-0.1, -0.05) is 73.3 Å². The number of hydrogen-bond acceptors (Lipinski definition) is 7. The molecule has 2 amide bonds. The van der Waals surface area contributed by atoms with E-state index in [1.165, 1.54) is 0 Å². The number of ether oxygens (including phenoxy) is 2. The maximum Gasteiger partial charge on any atom is 0.251 e. The predicted molar refractivity (Wildman–Crippen MR) is 140 cm³/mol. The first-order chi connectivity index (χ1) is 16.0. The first-order valence-electron chi connectivity index (χ1n) is 11.1. The standard InChI is InChI=1S/C22H33N3O4S2.C2H6/c1-17(2)6-5-11-24-20(26)16-28-14-15-29-22(31-30-4)19-9-7-18(8-10-19)21(27)25-13-12-23-3;1-2/h7-10,17,22-23H,11-16H2,1-4H3,(H,24,26)(H,25,27);1-2H3. The van der Waals surface area contributed by atoms with E-state index in [-0.39, 0.29) is 29.8 Å². The van der Waals surface area contributed by atoms with Crippen LogP contribution < -0.4 is 16.0 Å². The molecule has 0 fully saturated rings. The molecule has 1 aromatic carbocycles. The topological polar surface area (TPSA) is 88.7 Å². The zero-order valence-corrected chi connectivity index (χ0v) is 22.3. The van der Waals surface area contributed by atoms with Crippen molar-refractivity contribution >= 4 is 33.4 Å². The Hall–Kier alpha value is -1.70. The van der Waals surface area contributed by atoms with Crippen LogP contribution in [0.3, 0.4) is 0 Å². The molecule has 0 aromatic heterocycles. The molecule has 3 N–H and O–H groups in total. The van der Waals surface area contributed by atoms with Crippen LogP contribution in [0.4, 0.5) is 0 Å². The fraction of sp³-hybridized carbons (Fsp3) is 0.583. The maximum atomic E-state index is 12.1. The van der Waals surface area contributed by atoms with E-state index >= 15 is 0 Å². The normalized spacial score (nSPS) is 11.0. The highest BCUT2D eigenvalue weighted by Gasteiger charge is 2.14. The molecule has 0 aliphatic rings. The van der Waals surface area contributed by atoms with Crippen molar-refractivity contribution in [2.24, 2.45) is 5.92 Å². The average Bonchev–Trinajstić information content (AvgIpc) is 2.82. The molecule has 0 aliphatic carbocycles. The summed E-state index contributed by atoms with van der Waals surface area (Å²) in [6.07, 6.45) is 1.98. The number of benzene rings is 1. The molecule has 0 spiro atoms. The van der Waals surface area contributed by atoms with E-state index in [0.29, 0.717) is 31.9 Å².